The Morgan fingerprint density at radius 1 is 1.24 bits per heavy atom. The normalized spacial score (nSPS) is 23.3. The zero-order valence-electron chi connectivity index (χ0n) is 18.4. The molecule has 1 saturated heterocycles. The number of benzene rings is 2. The number of halogens is 1. The highest BCUT2D eigenvalue weighted by molar-refractivity contribution is 9.10. The van der Waals surface area contributed by atoms with Crippen molar-refractivity contribution in [2.45, 2.75) is 38.6 Å². The molecule has 8 heteroatoms. The fraction of sp³-hybridized carbons (Fsp3) is 0.320. The first kappa shape index (κ1) is 23.6. The maximum atomic E-state index is 13.6. The van der Waals surface area contributed by atoms with Crippen LogP contribution in [0.4, 0.5) is 5.69 Å². The number of para-hydroxylation sites is 1. The molecule has 2 fully saturated rings. The Morgan fingerprint density at radius 2 is 2.00 bits per heavy atom. The summed E-state index contributed by atoms with van der Waals surface area (Å²) in [7, 11) is 0. The molecule has 1 aliphatic carbocycles. The molecule has 0 unspecified atom stereocenters. The van der Waals surface area contributed by atoms with E-state index in [9.17, 15) is 9.59 Å². The second kappa shape index (κ2) is 10.6. The molecule has 0 spiro atoms. The minimum absolute atomic E-state index is 0.00129. The summed E-state index contributed by atoms with van der Waals surface area (Å²) < 4.78 is 6.08. The van der Waals surface area contributed by atoms with Crippen molar-refractivity contribution in [2.24, 2.45) is 16.6 Å². The number of carbonyl (C=O) groups is 2. The van der Waals surface area contributed by atoms with Crippen LogP contribution in [0.15, 0.2) is 62.9 Å². The number of hydrogen-bond acceptors (Lipinski definition) is 5. The van der Waals surface area contributed by atoms with Gasteiger partial charge in [0.05, 0.1) is 15.1 Å². The van der Waals surface area contributed by atoms with E-state index < -0.39 is 5.91 Å². The molecule has 0 radical (unpaired) electrons. The Kier molecular flexibility index (Phi) is 7.55. The molecule has 2 atom stereocenters. The van der Waals surface area contributed by atoms with E-state index >= 15 is 0 Å². The summed E-state index contributed by atoms with van der Waals surface area (Å²) in [5, 5.41) is 0.733. The van der Waals surface area contributed by atoms with Crippen LogP contribution in [-0.4, -0.2) is 34.5 Å². The standard InChI is InChI=1S/C25H26BrN3O3S/c1-16-7-5-6-10-20(16)29-24(31)22(33-25(29)28-18-8-3-2-4-9-18)14-17-11-12-21(19(26)13-17)32-15-23(27)30/h2-4,8-9,11-14,16,20H,5-7,10,15H2,1H3,(H2,27,30)/b22-14-,28-25?/t16-,20+/m0/s1. The van der Waals surface area contributed by atoms with E-state index in [0.717, 1.165) is 35.7 Å². The summed E-state index contributed by atoms with van der Waals surface area (Å²) >= 11 is 4.88. The number of ether oxygens (including phenoxy) is 1. The number of carbonyl (C=O) groups excluding carboxylic acids is 2. The molecule has 1 saturated carbocycles. The molecule has 172 valence electrons. The number of rotatable bonds is 6. The molecular formula is C25H26BrN3O3S. The third-order valence-corrected chi connectivity index (χ3v) is 7.44. The van der Waals surface area contributed by atoms with E-state index in [1.54, 1.807) is 6.07 Å². The molecule has 2 aromatic rings. The Labute approximate surface area is 206 Å². The summed E-state index contributed by atoms with van der Waals surface area (Å²) in [6, 6.07) is 15.4. The lowest BCUT2D eigenvalue weighted by Gasteiger charge is -2.35. The minimum Gasteiger partial charge on any atom is -0.483 e. The number of hydrogen-bond donors (Lipinski definition) is 1. The molecule has 6 nitrogen and oxygen atoms in total. The van der Waals surface area contributed by atoms with Gasteiger partial charge >= 0.3 is 0 Å². The third kappa shape index (κ3) is 5.68. The second-order valence-corrected chi connectivity index (χ2v) is 10.2. The zero-order valence-corrected chi connectivity index (χ0v) is 20.8. The molecule has 1 heterocycles. The first-order valence-corrected chi connectivity index (χ1v) is 12.6. The maximum Gasteiger partial charge on any atom is 0.267 e. The highest BCUT2D eigenvalue weighted by Gasteiger charge is 2.41. The van der Waals surface area contributed by atoms with Crippen LogP contribution >= 0.6 is 27.7 Å². The fourth-order valence-electron chi connectivity index (χ4n) is 4.17. The van der Waals surface area contributed by atoms with Gasteiger partial charge in [-0.3, -0.25) is 14.5 Å². The van der Waals surface area contributed by atoms with Crippen molar-refractivity contribution >= 4 is 56.4 Å². The van der Waals surface area contributed by atoms with Gasteiger partial charge in [-0.05, 0) is 82.4 Å². The van der Waals surface area contributed by atoms with E-state index in [1.165, 1.54) is 18.2 Å². The Balaban J connectivity index is 1.64. The third-order valence-electron chi connectivity index (χ3n) is 5.84. The second-order valence-electron chi connectivity index (χ2n) is 8.29. The monoisotopic (exact) mass is 527 g/mol. The minimum atomic E-state index is -0.539. The van der Waals surface area contributed by atoms with Crippen molar-refractivity contribution in [2.75, 3.05) is 6.61 Å². The van der Waals surface area contributed by atoms with Crippen LogP contribution in [0.3, 0.4) is 0 Å². The quantitative estimate of drug-likeness (QED) is 0.502. The molecule has 2 aliphatic rings. The van der Waals surface area contributed by atoms with Gasteiger partial charge in [-0.15, -0.1) is 0 Å². The molecular weight excluding hydrogens is 502 g/mol. The first-order valence-electron chi connectivity index (χ1n) is 11.0. The molecule has 0 bridgehead atoms. The van der Waals surface area contributed by atoms with Crippen molar-refractivity contribution < 1.29 is 14.3 Å². The lowest BCUT2D eigenvalue weighted by Crippen LogP contribution is -2.44. The van der Waals surface area contributed by atoms with E-state index in [-0.39, 0.29) is 18.6 Å². The number of aliphatic imine (C=N–C) groups is 1. The van der Waals surface area contributed by atoms with Crippen LogP contribution in [0.5, 0.6) is 5.75 Å². The number of nitrogens with two attached hydrogens (primary N) is 1. The number of amides is 2. The van der Waals surface area contributed by atoms with Crippen molar-refractivity contribution in [3.05, 3.63) is 63.5 Å². The fourth-order valence-corrected chi connectivity index (χ4v) is 5.73. The number of primary amides is 1. The largest absolute Gasteiger partial charge is 0.483 e. The summed E-state index contributed by atoms with van der Waals surface area (Å²) in [6.45, 7) is 2.03. The molecule has 1 aliphatic heterocycles. The van der Waals surface area contributed by atoms with Gasteiger partial charge in [-0.25, -0.2) is 4.99 Å². The summed E-state index contributed by atoms with van der Waals surface area (Å²) in [6.07, 6.45) is 6.33. The van der Waals surface area contributed by atoms with Gasteiger partial charge in [0.15, 0.2) is 11.8 Å². The SMILES string of the molecule is C[C@H]1CCCC[C@H]1N1C(=O)/C(=C/c2ccc(OCC(N)=O)c(Br)c2)SC1=Nc1ccccc1. The van der Waals surface area contributed by atoms with Gasteiger partial charge < -0.3 is 10.5 Å². The average molecular weight is 528 g/mol. The summed E-state index contributed by atoms with van der Waals surface area (Å²) in [5.74, 6) is 0.409. The lowest BCUT2D eigenvalue weighted by molar-refractivity contribution is -0.125. The smallest absolute Gasteiger partial charge is 0.267 e. The van der Waals surface area contributed by atoms with Crippen LogP contribution in [-0.2, 0) is 9.59 Å². The van der Waals surface area contributed by atoms with Crippen molar-refractivity contribution in [1.29, 1.82) is 0 Å². The molecule has 2 amide bonds. The Morgan fingerprint density at radius 3 is 2.70 bits per heavy atom. The Hall–Kier alpha value is -2.58. The van der Waals surface area contributed by atoms with Crippen LogP contribution < -0.4 is 10.5 Å². The highest BCUT2D eigenvalue weighted by atomic mass is 79.9. The first-order chi connectivity index (χ1) is 15.9. The molecule has 33 heavy (non-hydrogen) atoms. The van der Waals surface area contributed by atoms with Crippen LogP contribution in [0.2, 0.25) is 0 Å². The number of thioether (sulfide) groups is 1. The van der Waals surface area contributed by atoms with Crippen molar-refractivity contribution in [3.8, 4) is 5.75 Å². The van der Waals surface area contributed by atoms with E-state index in [2.05, 4.69) is 22.9 Å². The van der Waals surface area contributed by atoms with E-state index in [1.807, 2.05) is 53.4 Å². The number of nitrogens with zero attached hydrogens (tertiary/aromatic N) is 2. The van der Waals surface area contributed by atoms with Crippen LogP contribution in [0.1, 0.15) is 38.2 Å². The van der Waals surface area contributed by atoms with Gasteiger partial charge in [0.2, 0.25) is 0 Å². The van der Waals surface area contributed by atoms with Gasteiger partial charge in [0, 0.05) is 6.04 Å². The maximum absolute atomic E-state index is 13.6. The van der Waals surface area contributed by atoms with Crippen molar-refractivity contribution in [3.63, 3.8) is 0 Å². The van der Waals surface area contributed by atoms with Crippen LogP contribution in [0.25, 0.3) is 6.08 Å². The molecule has 2 aromatic carbocycles. The molecule has 0 aromatic heterocycles. The van der Waals surface area contributed by atoms with Crippen LogP contribution in [0, 0.1) is 5.92 Å². The van der Waals surface area contributed by atoms with Gasteiger partial charge in [0.25, 0.3) is 11.8 Å². The lowest BCUT2D eigenvalue weighted by atomic mass is 9.85. The molecule has 4 rings (SSSR count). The molecule has 2 N–H and O–H groups in total. The van der Waals surface area contributed by atoms with Gasteiger partial charge in [0.1, 0.15) is 5.75 Å². The predicted molar refractivity (Wildman–Crippen MR) is 136 cm³/mol. The summed E-state index contributed by atoms with van der Waals surface area (Å²) in [4.78, 5) is 31.9. The predicted octanol–water partition coefficient (Wildman–Crippen LogP) is 5.50. The summed E-state index contributed by atoms with van der Waals surface area (Å²) in [5.41, 5.74) is 6.84. The topological polar surface area (TPSA) is 85.0 Å². The van der Waals surface area contributed by atoms with E-state index in [0.29, 0.717) is 21.0 Å². The number of amidine groups is 1. The van der Waals surface area contributed by atoms with Gasteiger partial charge in [-0.2, -0.15) is 0 Å². The van der Waals surface area contributed by atoms with E-state index in [4.69, 9.17) is 15.5 Å². The van der Waals surface area contributed by atoms with Gasteiger partial charge in [-0.1, -0.05) is 44.0 Å². The van der Waals surface area contributed by atoms with Crippen molar-refractivity contribution in [1.82, 2.24) is 4.90 Å². The average Bonchev–Trinajstić information content (AvgIpc) is 3.08. The zero-order chi connectivity index (χ0) is 23.4. The Bertz CT molecular complexity index is 1100. The highest BCUT2D eigenvalue weighted by Crippen LogP contribution is 2.40.